The van der Waals surface area contributed by atoms with Gasteiger partial charge in [-0.1, -0.05) is 97.1 Å². The Morgan fingerprint density at radius 2 is 1.42 bits per heavy atom. The number of carbonyl (C=O) groups excluding carboxylic acids is 1. The number of aliphatic hydroxyl groups excluding tert-OH is 1. The molecule has 0 saturated heterocycles. The van der Waals surface area contributed by atoms with Gasteiger partial charge in [0.15, 0.2) is 9.92 Å². The molecule has 1 aliphatic heterocycles. The van der Waals surface area contributed by atoms with Crippen molar-refractivity contribution in [2.75, 3.05) is 11.9 Å². The number of anilines is 1. The number of fused-ring (bicyclic) bond motifs is 3. The zero-order valence-corrected chi connectivity index (χ0v) is 27.3. The van der Waals surface area contributed by atoms with Gasteiger partial charge in [-0.2, -0.15) is 5.10 Å². The maximum atomic E-state index is 15.7. The largest absolute Gasteiger partial charge is 0.469 e. The maximum absolute atomic E-state index is 15.7. The summed E-state index contributed by atoms with van der Waals surface area (Å²) in [5, 5.41) is 17.6. The molecule has 3 N–H and O–H groups in total. The molecule has 8 rings (SSSR count). The SMILES string of the molecule is N=S(=O)(c1cnn2c1O[C@H](CO)C2)N(C(=O)Nc1c2c(cc3c1CCC3)CCC2)C(c1ccccc1)(c1ccccc1)c1ccccc1. The Hall–Kier alpha value is -4.93. The molecular weight excluding hydrogens is 623 g/mol. The van der Waals surface area contributed by atoms with Crippen LogP contribution in [0.25, 0.3) is 0 Å². The molecule has 5 aromatic rings. The summed E-state index contributed by atoms with van der Waals surface area (Å²) in [7, 11) is -4.23. The minimum absolute atomic E-state index is 0.0238. The molecule has 0 bridgehead atoms. The summed E-state index contributed by atoms with van der Waals surface area (Å²) >= 11 is 0. The summed E-state index contributed by atoms with van der Waals surface area (Å²) in [5.74, 6) is 0.122. The zero-order chi connectivity index (χ0) is 32.9. The lowest BCUT2D eigenvalue weighted by atomic mass is 9.77. The second-order valence-corrected chi connectivity index (χ2v) is 14.6. The molecule has 1 unspecified atom stereocenters. The highest BCUT2D eigenvalue weighted by molar-refractivity contribution is 7.90. The van der Waals surface area contributed by atoms with E-state index in [9.17, 15) is 9.89 Å². The minimum atomic E-state index is -4.23. The number of hydrogen-bond acceptors (Lipinski definition) is 6. The Morgan fingerprint density at radius 3 is 1.92 bits per heavy atom. The van der Waals surface area contributed by atoms with E-state index < -0.39 is 27.6 Å². The number of aromatic nitrogens is 2. The van der Waals surface area contributed by atoms with Gasteiger partial charge in [0.2, 0.25) is 5.88 Å². The first-order valence-corrected chi connectivity index (χ1v) is 18.0. The van der Waals surface area contributed by atoms with Crippen LogP contribution in [0.15, 0.2) is 108 Å². The normalized spacial score (nSPS) is 17.6. The van der Waals surface area contributed by atoms with E-state index in [0.29, 0.717) is 16.7 Å². The van der Waals surface area contributed by atoms with Crippen LogP contribution >= 0.6 is 0 Å². The molecule has 48 heavy (non-hydrogen) atoms. The first-order chi connectivity index (χ1) is 23.4. The molecule has 0 fully saturated rings. The van der Waals surface area contributed by atoms with Crippen molar-refractivity contribution in [1.29, 1.82) is 4.78 Å². The smallest absolute Gasteiger partial charge is 0.336 e. The highest BCUT2D eigenvalue weighted by Crippen LogP contribution is 2.48. The van der Waals surface area contributed by atoms with Crippen LogP contribution < -0.4 is 10.1 Å². The van der Waals surface area contributed by atoms with Crippen molar-refractivity contribution in [2.24, 2.45) is 0 Å². The van der Waals surface area contributed by atoms with Crippen LogP contribution in [0.5, 0.6) is 5.88 Å². The van der Waals surface area contributed by atoms with Crippen LogP contribution in [-0.2, 0) is 47.7 Å². The topological polar surface area (TPSA) is 121 Å². The molecule has 2 aliphatic carbocycles. The molecule has 0 spiro atoms. The number of hydrogen-bond donors (Lipinski definition) is 3. The third kappa shape index (κ3) is 4.73. The number of nitrogens with one attached hydrogen (secondary N) is 2. The van der Waals surface area contributed by atoms with Crippen LogP contribution in [0.3, 0.4) is 0 Å². The summed E-state index contributed by atoms with van der Waals surface area (Å²) in [6, 6.07) is 30.2. The number of benzene rings is 4. The first-order valence-electron chi connectivity index (χ1n) is 16.5. The molecule has 1 aromatic heterocycles. The Labute approximate surface area is 280 Å². The number of rotatable bonds is 8. The van der Waals surface area contributed by atoms with Crippen molar-refractivity contribution in [1.82, 2.24) is 14.1 Å². The van der Waals surface area contributed by atoms with Crippen LogP contribution in [0.2, 0.25) is 0 Å². The van der Waals surface area contributed by atoms with E-state index >= 15 is 9.00 Å². The molecular formula is C38H37N5O4S. The third-order valence-electron chi connectivity index (χ3n) is 9.94. The van der Waals surface area contributed by atoms with E-state index in [0.717, 1.165) is 55.3 Å². The lowest BCUT2D eigenvalue weighted by Gasteiger charge is -2.45. The molecule has 0 saturated carbocycles. The van der Waals surface area contributed by atoms with E-state index in [-0.39, 0.29) is 23.9 Å². The predicted molar refractivity (Wildman–Crippen MR) is 183 cm³/mol. The molecule has 2 amide bonds. The second-order valence-electron chi connectivity index (χ2n) is 12.7. The first kappa shape index (κ1) is 30.4. The van der Waals surface area contributed by atoms with E-state index in [2.05, 4.69) is 16.5 Å². The minimum Gasteiger partial charge on any atom is -0.469 e. The molecule has 3 aliphatic rings. The average molecular weight is 660 g/mol. The van der Waals surface area contributed by atoms with Crippen LogP contribution in [0, 0.1) is 4.78 Å². The number of carbonyl (C=O) groups is 1. The van der Waals surface area contributed by atoms with E-state index in [1.165, 1.54) is 26.3 Å². The summed E-state index contributed by atoms with van der Waals surface area (Å²) in [6.45, 7) is -0.0184. The summed E-state index contributed by atoms with van der Waals surface area (Å²) in [4.78, 5) is 15.4. The molecule has 9 nitrogen and oxygen atoms in total. The maximum Gasteiger partial charge on any atom is 0.336 e. The molecule has 244 valence electrons. The van der Waals surface area contributed by atoms with Crippen LogP contribution in [0.4, 0.5) is 10.5 Å². The summed E-state index contributed by atoms with van der Waals surface area (Å²) < 4.78 is 34.4. The molecule has 4 aromatic carbocycles. The Morgan fingerprint density at radius 1 is 0.896 bits per heavy atom. The quantitative estimate of drug-likeness (QED) is 0.165. The van der Waals surface area contributed by atoms with Gasteiger partial charge in [-0.05, 0) is 77.5 Å². The monoisotopic (exact) mass is 659 g/mol. The van der Waals surface area contributed by atoms with Crippen molar-refractivity contribution < 1.29 is 18.8 Å². The number of amides is 2. The molecule has 2 heterocycles. The van der Waals surface area contributed by atoms with Gasteiger partial charge in [-0.15, -0.1) is 0 Å². The van der Waals surface area contributed by atoms with Crippen molar-refractivity contribution >= 4 is 21.6 Å². The van der Waals surface area contributed by atoms with E-state index in [4.69, 9.17) is 4.74 Å². The lowest BCUT2D eigenvalue weighted by Crippen LogP contribution is -2.55. The fourth-order valence-corrected chi connectivity index (χ4v) is 9.61. The van der Waals surface area contributed by atoms with Gasteiger partial charge in [-0.3, -0.25) is 0 Å². The van der Waals surface area contributed by atoms with Gasteiger partial charge in [-0.25, -0.2) is 22.8 Å². The van der Waals surface area contributed by atoms with Gasteiger partial charge in [0.05, 0.1) is 19.3 Å². The van der Waals surface area contributed by atoms with Gasteiger partial charge in [0, 0.05) is 5.69 Å². The van der Waals surface area contributed by atoms with Gasteiger partial charge < -0.3 is 15.2 Å². The van der Waals surface area contributed by atoms with E-state index in [1.54, 1.807) is 0 Å². The van der Waals surface area contributed by atoms with E-state index in [1.807, 2.05) is 91.0 Å². The number of aryl methyl sites for hydroxylation is 2. The molecule has 2 atom stereocenters. The highest BCUT2D eigenvalue weighted by atomic mass is 32.2. The zero-order valence-electron chi connectivity index (χ0n) is 26.5. The van der Waals surface area contributed by atoms with Crippen LogP contribution in [-0.4, -0.2) is 42.1 Å². The Bertz CT molecular complexity index is 1970. The Balaban J connectivity index is 1.41. The Kier molecular flexibility index (Phi) is 7.57. The van der Waals surface area contributed by atoms with Crippen LogP contribution in [0.1, 0.15) is 51.8 Å². The van der Waals surface area contributed by atoms with Gasteiger partial charge in [0.25, 0.3) is 0 Å². The number of ether oxygens (including phenoxy) is 1. The summed E-state index contributed by atoms with van der Waals surface area (Å²) in [5.41, 5.74) is 6.03. The molecule has 0 radical (unpaired) electrons. The number of aliphatic hydroxyl groups is 1. The van der Waals surface area contributed by atoms with Crippen molar-refractivity contribution in [3.63, 3.8) is 0 Å². The van der Waals surface area contributed by atoms with Gasteiger partial charge in [0.1, 0.15) is 16.5 Å². The highest BCUT2D eigenvalue weighted by Gasteiger charge is 2.51. The van der Waals surface area contributed by atoms with Crippen molar-refractivity contribution in [3.8, 4) is 5.88 Å². The fraction of sp³-hybridized carbons (Fsp3) is 0.263. The lowest BCUT2D eigenvalue weighted by molar-refractivity contribution is 0.130. The van der Waals surface area contributed by atoms with Crippen molar-refractivity contribution in [2.45, 2.75) is 61.6 Å². The average Bonchev–Trinajstić information content (AvgIpc) is 3.93. The molecule has 10 heteroatoms. The van der Waals surface area contributed by atoms with Gasteiger partial charge >= 0.3 is 6.03 Å². The number of urea groups is 1. The second kappa shape index (κ2) is 11.9. The summed E-state index contributed by atoms with van der Waals surface area (Å²) in [6.07, 6.45) is 6.40. The predicted octanol–water partition coefficient (Wildman–Crippen LogP) is 6.46. The number of nitrogens with zero attached hydrogens (tertiary/aromatic N) is 3. The third-order valence-corrected chi connectivity index (χ3v) is 11.8. The fourth-order valence-electron chi connectivity index (χ4n) is 7.85. The standard InChI is InChI=1S/C38H37N5O4S/c39-48(46,34-23-40-42-24-31(25-44)47-36(34)42)43(37(45)41-35-32-20-10-12-26(32)22-27-13-11-21-33(27)35)38(28-14-4-1-5-15-28,29-16-6-2-7-17-29)30-18-8-3-9-19-30/h1-9,14-19,22-23,31,39,44H,10-13,20-21,24-25H2,(H,41,45)/t31-,48?/m0/s1. The van der Waals surface area contributed by atoms with Crippen molar-refractivity contribution in [3.05, 3.63) is 142 Å².